The summed E-state index contributed by atoms with van der Waals surface area (Å²) in [4.78, 5) is 6.75. The Morgan fingerprint density at radius 1 is 1.12 bits per heavy atom. The quantitative estimate of drug-likeness (QED) is 0.583. The predicted octanol–water partition coefficient (Wildman–Crippen LogP) is 4.92. The van der Waals surface area contributed by atoms with E-state index in [2.05, 4.69) is 9.71 Å². The van der Waals surface area contributed by atoms with Crippen molar-refractivity contribution in [1.29, 1.82) is 0 Å². The van der Waals surface area contributed by atoms with Crippen molar-refractivity contribution in [3.8, 4) is 10.6 Å². The van der Waals surface area contributed by atoms with Gasteiger partial charge in [0.05, 0.1) is 5.69 Å². The first-order chi connectivity index (χ1) is 12.4. The largest absolute Gasteiger partial charge is 0.250 e. The van der Waals surface area contributed by atoms with Gasteiger partial charge in [-0.25, -0.2) is 18.1 Å². The number of nitrogens with zero attached hydrogens (tertiary/aromatic N) is 1. The van der Waals surface area contributed by atoms with E-state index in [9.17, 15) is 8.42 Å². The Balaban J connectivity index is 1.65. The number of hydrogen-bond acceptors (Lipinski definition) is 5. The number of sulfonamides is 1. The summed E-state index contributed by atoms with van der Waals surface area (Å²) in [6.07, 6.45) is 1.45. The number of nitrogens with one attached hydrogen (secondary N) is 1. The van der Waals surface area contributed by atoms with E-state index in [1.807, 2.05) is 44.2 Å². The molecule has 3 aromatic rings. The van der Waals surface area contributed by atoms with Crippen LogP contribution >= 0.6 is 34.3 Å². The van der Waals surface area contributed by atoms with Gasteiger partial charge in [-0.15, -0.1) is 22.7 Å². The summed E-state index contributed by atoms with van der Waals surface area (Å²) in [5.74, 6) is 0. The molecule has 0 aliphatic rings. The third-order valence-corrected chi connectivity index (χ3v) is 8.58. The Bertz CT molecular complexity index is 992. The first kappa shape index (κ1) is 19.5. The maximum atomic E-state index is 12.4. The number of hydrogen-bond donors (Lipinski definition) is 1. The number of benzene rings is 1. The van der Waals surface area contributed by atoms with Crippen molar-refractivity contribution in [1.82, 2.24) is 9.71 Å². The molecule has 0 atom stereocenters. The van der Waals surface area contributed by atoms with E-state index in [0.29, 0.717) is 22.2 Å². The highest BCUT2D eigenvalue weighted by Gasteiger charge is 2.17. The maximum Gasteiger partial charge on any atom is 0.250 e. The summed E-state index contributed by atoms with van der Waals surface area (Å²) in [7, 11) is -3.44. The highest BCUT2D eigenvalue weighted by Crippen LogP contribution is 2.29. The van der Waals surface area contributed by atoms with Crippen molar-refractivity contribution in [2.45, 2.75) is 30.9 Å². The highest BCUT2D eigenvalue weighted by molar-refractivity contribution is 7.91. The summed E-state index contributed by atoms with van der Waals surface area (Å²) >= 11 is 8.83. The van der Waals surface area contributed by atoms with Gasteiger partial charge in [0.2, 0.25) is 10.0 Å². The summed E-state index contributed by atoms with van der Waals surface area (Å²) in [6.45, 7) is 4.32. The lowest BCUT2D eigenvalue weighted by atomic mass is 10.2. The smallest absolute Gasteiger partial charge is 0.241 e. The standard InChI is InChI=1S/C18H19ClN2O2S3/c1-3-15-8-9-17(24-15)26(22,23)20-11-10-16-12(2)21-18(25-16)13-4-6-14(19)7-5-13/h4-9,20H,3,10-11H2,1-2H3. The molecule has 4 nitrogen and oxygen atoms in total. The van der Waals surface area contributed by atoms with Crippen LogP contribution in [0.3, 0.4) is 0 Å². The van der Waals surface area contributed by atoms with E-state index in [4.69, 9.17) is 11.6 Å². The maximum absolute atomic E-state index is 12.4. The van der Waals surface area contributed by atoms with Gasteiger partial charge in [0.25, 0.3) is 0 Å². The first-order valence-corrected chi connectivity index (χ1v) is 11.7. The molecular formula is C18H19ClN2O2S3. The van der Waals surface area contributed by atoms with Crippen LogP contribution in [-0.2, 0) is 22.9 Å². The summed E-state index contributed by atoms with van der Waals surface area (Å²) in [6, 6.07) is 11.1. The summed E-state index contributed by atoms with van der Waals surface area (Å²) in [5.41, 5.74) is 1.95. The number of rotatable bonds is 7. The Hall–Kier alpha value is -1.25. The monoisotopic (exact) mass is 426 g/mol. The van der Waals surface area contributed by atoms with Gasteiger partial charge < -0.3 is 0 Å². The third kappa shape index (κ3) is 4.53. The number of aryl methyl sites for hydroxylation is 2. The molecule has 0 radical (unpaired) electrons. The minimum atomic E-state index is -3.44. The van der Waals surface area contributed by atoms with Crippen LogP contribution in [0, 0.1) is 6.92 Å². The van der Waals surface area contributed by atoms with E-state index < -0.39 is 10.0 Å². The van der Waals surface area contributed by atoms with Crippen LogP contribution in [0.2, 0.25) is 5.02 Å². The van der Waals surface area contributed by atoms with Crippen molar-refractivity contribution in [2.75, 3.05) is 6.54 Å². The summed E-state index contributed by atoms with van der Waals surface area (Å²) < 4.78 is 27.8. The first-order valence-electron chi connectivity index (χ1n) is 8.19. The average Bonchev–Trinajstić information content (AvgIpc) is 3.23. The SMILES string of the molecule is CCc1ccc(S(=O)(=O)NCCc2sc(-c3ccc(Cl)cc3)nc2C)s1. The lowest BCUT2D eigenvalue weighted by Crippen LogP contribution is -2.25. The van der Waals surface area contributed by atoms with Crippen LogP contribution in [0.5, 0.6) is 0 Å². The van der Waals surface area contributed by atoms with E-state index in [-0.39, 0.29) is 0 Å². The Morgan fingerprint density at radius 3 is 2.50 bits per heavy atom. The Labute approximate surface area is 166 Å². The second-order valence-electron chi connectivity index (χ2n) is 5.76. The van der Waals surface area contributed by atoms with Crippen LogP contribution in [0.25, 0.3) is 10.6 Å². The normalized spacial score (nSPS) is 11.8. The molecule has 138 valence electrons. The predicted molar refractivity (Wildman–Crippen MR) is 110 cm³/mol. The molecule has 0 aliphatic heterocycles. The van der Waals surface area contributed by atoms with Gasteiger partial charge in [0, 0.05) is 26.9 Å². The van der Waals surface area contributed by atoms with Crippen molar-refractivity contribution in [3.63, 3.8) is 0 Å². The number of halogens is 1. The molecule has 0 unspecified atom stereocenters. The topological polar surface area (TPSA) is 59.1 Å². The molecule has 0 amide bonds. The molecule has 1 aromatic carbocycles. The van der Waals surface area contributed by atoms with Crippen molar-refractivity contribution in [2.24, 2.45) is 0 Å². The average molecular weight is 427 g/mol. The molecule has 8 heteroatoms. The fraction of sp³-hybridized carbons (Fsp3) is 0.278. The third-order valence-electron chi connectivity index (χ3n) is 3.88. The van der Waals surface area contributed by atoms with E-state index >= 15 is 0 Å². The fourth-order valence-electron chi connectivity index (χ4n) is 2.44. The number of aromatic nitrogens is 1. The summed E-state index contributed by atoms with van der Waals surface area (Å²) in [5, 5.41) is 1.61. The van der Waals surface area contributed by atoms with Crippen LogP contribution in [-0.4, -0.2) is 19.9 Å². The van der Waals surface area contributed by atoms with Crippen molar-refractivity contribution in [3.05, 3.63) is 56.9 Å². The van der Waals surface area contributed by atoms with E-state index in [1.54, 1.807) is 17.4 Å². The van der Waals surface area contributed by atoms with Gasteiger partial charge in [0.15, 0.2) is 0 Å². The molecule has 0 spiro atoms. The van der Waals surface area contributed by atoms with Crippen LogP contribution in [0.1, 0.15) is 22.4 Å². The fourth-order valence-corrected chi connectivity index (χ4v) is 6.00. The van der Waals surface area contributed by atoms with Crippen LogP contribution in [0.4, 0.5) is 0 Å². The molecule has 2 heterocycles. The molecule has 0 aliphatic carbocycles. The number of thiazole rings is 1. The molecule has 2 aromatic heterocycles. The van der Waals surface area contributed by atoms with E-state index in [1.165, 1.54) is 11.3 Å². The van der Waals surface area contributed by atoms with Crippen molar-refractivity contribution < 1.29 is 8.42 Å². The molecule has 0 fully saturated rings. The zero-order chi connectivity index (χ0) is 18.7. The van der Waals surface area contributed by atoms with Crippen molar-refractivity contribution >= 4 is 44.3 Å². The van der Waals surface area contributed by atoms with Gasteiger partial charge >= 0.3 is 0 Å². The number of thiophene rings is 1. The van der Waals surface area contributed by atoms with Gasteiger partial charge in [-0.2, -0.15) is 0 Å². The Morgan fingerprint density at radius 2 is 1.85 bits per heavy atom. The van der Waals surface area contributed by atoms with Gasteiger partial charge in [-0.05, 0) is 44.0 Å². The van der Waals surface area contributed by atoms with E-state index in [0.717, 1.165) is 32.4 Å². The second kappa shape index (κ2) is 8.19. The lowest BCUT2D eigenvalue weighted by molar-refractivity contribution is 0.584. The molecular weight excluding hydrogens is 408 g/mol. The minimum Gasteiger partial charge on any atom is -0.241 e. The lowest BCUT2D eigenvalue weighted by Gasteiger charge is -2.04. The molecule has 0 bridgehead atoms. The Kier molecular flexibility index (Phi) is 6.14. The van der Waals surface area contributed by atoms with Crippen LogP contribution < -0.4 is 4.72 Å². The van der Waals surface area contributed by atoms with Crippen LogP contribution in [0.15, 0.2) is 40.6 Å². The van der Waals surface area contributed by atoms with Gasteiger partial charge in [-0.3, -0.25) is 0 Å². The minimum absolute atomic E-state index is 0.352. The second-order valence-corrected chi connectivity index (χ2v) is 10.4. The molecule has 1 N–H and O–H groups in total. The van der Waals surface area contributed by atoms with Gasteiger partial charge in [0.1, 0.15) is 9.22 Å². The molecule has 26 heavy (non-hydrogen) atoms. The highest BCUT2D eigenvalue weighted by atomic mass is 35.5. The zero-order valence-electron chi connectivity index (χ0n) is 14.5. The molecule has 0 saturated carbocycles. The zero-order valence-corrected chi connectivity index (χ0v) is 17.7. The molecule has 3 rings (SSSR count). The molecule has 0 saturated heterocycles. The van der Waals surface area contributed by atoms with Gasteiger partial charge in [-0.1, -0.05) is 30.7 Å².